The lowest BCUT2D eigenvalue weighted by atomic mass is 10.0. The van der Waals surface area contributed by atoms with Gasteiger partial charge in [-0.05, 0) is 17.9 Å². The first kappa shape index (κ1) is 14.9. The molecule has 2 rings (SSSR count). The second kappa shape index (κ2) is 6.27. The highest BCUT2D eigenvalue weighted by Crippen LogP contribution is 2.29. The Morgan fingerprint density at radius 2 is 2.00 bits per heavy atom. The number of hydrogen-bond acceptors (Lipinski definition) is 2. The van der Waals surface area contributed by atoms with Crippen LogP contribution in [0.3, 0.4) is 0 Å². The van der Waals surface area contributed by atoms with Crippen molar-refractivity contribution >= 4 is 32.6 Å². The van der Waals surface area contributed by atoms with Crippen molar-refractivity contribution in [2.75, 3.05) is 13.6 Å². The number of carbonyl (C=O) groups is 1. The predicted molar refractivity (Wildman–Crippen MR) is 85.6 cm³/mol. The van der Waals surface area contributed by atoms with E-state index in [-0.39, 0.29) is 11.7 Å². The van der Waals surface area contributed by atoms with Crippen LogP contribution in [0.2, 0.25) is 0 Å². The summed E-state index contributed by atoms with van der Waals surface area (Å²) in [5.41, 5.74) is 0.355. The van der Waals surface area contributed by atoms with Crippen LogP contribution in [0.1, 0.15) is 23.7 Å². The molecule has 20 heavy (non-hydrogen) atoms. The molecule has 1 atom stereocenters. The number of carbonyl (C=O) groups excluding carboxylic acids is 1. The molecule has 4 heteroatoms. The van der Waals surface area contributed by atoms with E-state index in [1.54, 1.807) is 18.0 Å². The van der Waals surface area contributed by atoms with Crippen LogP contribution in [0.5, 0.6) is 5.75 Å². The highest BCUT2D eigenvalue weighted by molar-refractivity contribution is 9.09. The van der Waals surface area contributed by atoms with E-state index >= 15 is 0 Å². The molecule has 1 N–H and O–H groups in total. The molecule has 106 valence electrons. The van der Waals surface area contributed by atoms with Gasteiger partial charge in [-0.3, -0.25) is 4.79 Å². The molecule has 0 aliphatic heterocycles. The lowest BCUT2D eigenvalue weighted by Gasteiger charge is -2.19. The second-order valence-electron chi connectivity index (χ2n) is 4.98. The van der Waals surface area contributed by atoms with Gasteiger partial charge in [0, 0.05) is 23.8 Å². The van der Waals surface area contributed by atoms with E-state index in [1.807, 2.05) is 37.3 Å². The number of fused-ring (bicyclic) bond motifs is 1. The molecule has 0 bridgehead atoms. The van der Waals surface area contributed by atoms with Crippen LogP contribution in [0, 0.1) is 0 Å². The number of aromatic hydroxyl groups is 1. The van der Waals surface area contributed by atoms with Crippen molar-refractivity contribution in [1.82, 2.24) is 4.90 Å². The number of nitrogens with zero attached hydrogens (tertiary/aromatic N) is 1. The van der Waals surface area contributed by atoms with E-state index in [1.165, 1.54) is 0 Å². The molecule has 0 fully saturated rings. The van der Waals surface area contributed by atoms with Crippen LogP contribution >= 0.6 is 15.9 Å². The average molecular weight is 336 g/mol. The minimum Gasteiger partial charge on any atom is -0.506 e. The van der Waals surface area contributed by atoms with Gasteiger partial charge in [0.05, 0.1) is 5.56 Å². The third-order valence-electron chi connectivity index (χ3n) is 3.34. The summed E-state index contributed by atoms with van der Waals surface area (Å²) in [5.74, 6) is -0.0896. The Bertz CT molecular complexity index is 625. The Balaban J connectivity index is 2.28. The lowest BCUT2D eigenvalue weighted by molar-refractivity contribution is 0.0791. The van der Waals surface area contributed by atoms with Crippen molar-refractivity contribution in [2.24, 2.45) is 0 Å². The Hall–Kier alpha value is -1.55. The molecular formula is C16H18BrNO2. The number of hydrogen-bond donors (Lipinski definition) is 1. The summed E-state index contributed by atoms with van der Waals surface area (Å²) in [6, 6.07) is 11.1. The van der Waals surface area contributed by atoms with Gasteiger partial charge in [-0.1, -0.05) is 53.2 Å². The molecule has 0 aliphatic rings. The van der Waals surface area contributed by atoms with Crippen LogP contribution < -0.4 is 0 Å². The van der Waals surface area contributed by atoms with Gasteiger partial charge in [0.15, 0.2) is 0 Å². The molecule has 2 aromatic rings. The fraction of sp³-hybridized carbons (Fsp3) is 0.312. The third kappa shape index (κ3) is 3.12. The maximum atomic E-state index is 12.4. The van der Waals surface area contributed by atoms with Crippen molar-refractivity contribution in [1.29, 1.82) is 0 Å². The summed E-state index contributed by atoms with van der Waals surface area (Å²) < 4.78 is 0. The molecule has 0 heterocycles. The maximum Gasteiger partial charge on any atom is 0.257 e. The molecule has 1 unspecified atom stereocenters. The van der Waals surface area contributed by atoms with Gasteiger partial charge < -0.3 is 10.0 Å². The van der Waals surface area contributed by atoms with E-state index in [0.717, 1.165) is 11.8 Å². The highest BCUT2D eigenvalue weighted by atomic mass is 79.9. The van der Waals surface area contributed by atoms with Crippen molar-refractivity contribution in [3.8, 4) is 5.75 Å². The zero-order valence-electron chi connectivity index (χ0n) is 11.6. The summed E-state index contributed by atoms with van der Waals surface area (Å²) in [6.45, 7) is 2.70. The van der Waals surface area contributed by atoms with E-state index < -0.39 is 0 Å². The smallest absolute Gasteiger partial charge is 0.257 e. The Morgan fingerprint density at radius 3 is 2.70 bits per heavy atom. The van der Waals surface area contributed by atoms with Gasteiger partial charge in [0.25, 0.3) is 5.91 Å². The summed E-state index contributed by atoms with van der Waals surface area (Å²) in [5, 5.41) is 11.9. The quantitative estimate of drug-likeness (QED) is 0.863. The maximum absolute atomic E-state index is 12.4. The van der Waals surface area contributed by atoms with Gasteiger partial charge in [-0.25, -0.2) is 0 Å². The molecule has 2 aromatic carbocycles. The zero-order valence-corrected chi connectivity index (χ0v) is 13.2. The third-order valence-corrected chi connectivity index (χ3v) is 3.80. The van der Waals surface area contributed by atoms with Gasteiger partial charge >= 0.3 is 0 Å². The van der Waals surface area contributed by atoms with Crippen molar-refractivity contribution in [3.05, 3.63) is 42.0 Å². The molecule has 0 saturated carbocycles. The fourth-order valence-corrected chi connectivity index (χ4v) is 2.31. The zero-order chi connectivity index (χ0) is 14.7. The minimum absolute atomic E-state index is 0.0619. The summed E-state index contributed by atoms with van der Waals surface area (Å²) >= 11 is 3.47. The van der Waals surface area contributed by atoms with Crippen LogP contribution in [-0.2, 0) is 0 Å². The van der Waals surface area contributed by atoms with E-state index in [9.17, 15) is 9.90 Å². The van der Waals surface area contributed by atoms with Crippen LogP contribution in [-0.4, -0.2) is 34.3 Å². The van der Waals surface area contributed by atoms with Crippen molar-refractivity contribution < 1.29 is 9.90 Å². The number of amides is 1. The topological polar surface area (TPSA) is 40.5 Å². The van der Waals surface area contributed by atoms with Crippen LogP contribution in [0.25, 0.3) is 10.8 Å². The number of halogens is 1. The Kier molecular flexibility index (Phi) is 4.65. The lowest BCUT2D eigenvalue weighted by Crippen LogP contribution is -2.28. The standard InChI is InChI=1S/C16H18BrNO2/c1-11(17)9-10-18(2)16(20)14-8-7-12-5-3-4-6-13(12)15(14)19/h3-8,11,19H,9-10H2,1-2H3. The monoisotopic (exact) mass is 335 g/mol. The fourth-order valence-electron chi connectivity index (χ4n) is 2.11. The Morgan fingerprint density at radius 1 is 1.30 bits per heavy atom. The summed E-state index contributed by atoms with van der Waals surface area (Å²) in [7, 11) is 1.76. The van der Waals surface area contributed by atoms with E-state index in [2.05, 4.69) is 15.9 Å². The molecule has 3 nitrogen and oxygen atoms in total. The van der Waals surface area contributed by atoms with E-state index in [0.29, 0.717) is 22.3 Å². The summed E-state index contributed by atoms with van der Waals surface area (Å²) in [6.07, 6.45) is 0.872. The molecule has 0 aliphatic carbocycles. The first-order chi connectivity index (χ1) is 9.50. The molecule has 0 aromatic heterocycles. The van der Waals surface area contributed by atoms with Gasteiger partial charge in [-0.15, -0.1) is 0 Å². The predicted octanol–water partition coefficient (Wildman–Crippen LogP) is 3.79. The molecular weight excluding hydrogens is 318 g/mol. The van der Waals surface area contributed by atoms with Crippen molar-refractivity contribution in [3.63, 3.8) is 0 Å². The minimum atomic E-state index is -0.151. The van der Waals surface area contributed by atoms with Crippen molar-refractivity contribution in [2.45, 2.75) is 18.2 Å². The first-order valence-corrected chi connectivity index (χ1v) is 7.52. The molecule has 0 saturated heterocycles. The second-order valence-corrected chi connectivity index (χ2v) is 6.54. The molecule has 0 radical (unpaired) electrons. The Labute approximate surface area is 127 Å². The van der Waals surface area contributed by atoms with Gasteiger partial charge in [0.2, 0.25) is 0 Å². The van der Waals surface area contributed by atoms with Gasteiger partial charge in [0.1, 0.15) is 5.75 Å². The highest BCUT2D eigenvalue weighted by Gasteiger charge is 2.17. The first-order valence-electron chi connectivity index (χ1n) is 6.61. The van der Waals surface area contributed by atoms with Gasteiger partial charge in [-0.2, -0.15) is 0 Å². The number of rotatable bonds is 4. The largest absolute Gasteiger partial charge is 0.506 e. The number of phenolic OH excluding ortho intramolecular Hbond substituents is 1. The number of alkyl halides is 1. The number of benzene rings is 2. The SMILES string of the molecule is CC(Br)CCN(C)C(=O)c1ccc2ccccc2c1O. The van der Waals surface area contributed by atoms with Crippen LogP contribution in [0.15, 0.2) is 36.4 Å². The normalized spacial score (nSPS) is 12.3. The molecule has 1 amide bonds. The summed E-state index contributed by atoms with van der Waals surface area (Å²) in [4.78, 5) is 14.4. The van der Waals surface area contributed by atoms with Crippen LogP contribution in [0.4, 0.5) is 0 Å². The molecule has 0 spiro atoms. The van der Waals surface area contributed by atoms with E-state index in [4.69, 9.17) is 0 Å². The number of phenols is 1. The average Bonchev–Trinajstić information content (AvgIpc) is 2.44.